The normalized spacial score (nSPS) is 24.6. The Kier molecular flexibility index (Phi) is 4.50. The van der Waals surface area contributed by atoms with Crippen molar-refractivity contribution in [2.75, 3.05) is 26.2 Å². The lowest BCUT2D eigenvalue weighted by atomic mass is 10.1. The zero-order chi connectivity index (χ0) is 17.2. The van der Waals surface area contributed by atoms with E-state index in [1.165, 1.54) is 19.3 Å². The van der Waals surface area contributed by atoms with Crippen molar-refractivity contribution in [3.8, 4) is 5.69 Å². The van der Waals surface area contributed by atoms with Gasteiger partial charge in [-0.05, 0) is 38.1 Å². The molecule has 1 aromatic carbocycles. The second kappa shape index (κ2) is 6.93. The lowest BCUT2D eigenvalue weighted by Crippen LogP contribution is -2.46. The van der Waals surface area contributed by atoms with E-state index in [0.29, 0.717) is 18.7 Å². The van der Waals surface area contributed by atoms with Crippen molar-refractivity contribution >= 4 is 5.91 Å². The maximum Gasteiger partial charge on any atom is 0.256 e. The first-order valence-corrected chi connectivity index (χ1v) is 8.89. The zero-order valence-corrected chi connectivity index (χ0v) is 14.2. The average molecular weight is 341 g/mol. The Bertz CT molecular complexity index is 727. The Labute approximate surface area is 146 Å². The number of aliphatic hydroxyl groups excluding tert-OH is 1. The molecule has 2 saturated heterocycles. The van der Waals surface area contributed by atoms with Crippen LogP contribution in [0, 0.1) is 0 Å². The van der Waals surface area contributed by atoms with E-state index in [4.69, 9.17) is 0 Å². The Morgan fingerprint density at radius 3 is 2.52 bits per heavy atom. The molecule has 0 unspecified atom stereocenters. The molecule has 2 aliphatic heterocycles. The summed E-state index contributed by atoms with van der Waals surface area (Å²) in [4.78, 5) is 17.2. The van der Waals surface area contributed by atoms with Gasteiger partial charge >= 0.3 is 0 Å². The molecule has 7 nitrogen and oxygen atoms in total. The van der Waals surface area contributed by atoms with E-state index >= 15 is 0 Å². The van der Waals surface area contributed by atoms with Gasteiger partial charge < -0.3 is 10.0 Å². The molecule has 1 amide bonds. The van der Waals surface area contributed by atoms with Crippen molar-refractivity contribution in [3.63, 3.8) is 0 Å². The summed E-state index contributed by atoms with van der Waals surface area (Å²) in [5.74, 6) is -0.0529. The molecule has 4 rings (SSSR count). The highest BCUT2D eigenvalue weighted by Gasteiger charge is 2.38. The van der Waals surface area contributed by atoms with E-state index in [1.807, 2.05) is 24.3 Å². The van der Waals surface area contributed by atoms with Crippen molar-refractivity contribution in [3.05, 3.63) is 42.5 Å². The van der Waals surface area contributed by atoms with Crippen LogP contribution in [0.5, 0.6) is 0 Å². The fourth-order valence-corrected chi connectivity index (χ4v) is 3.92. The maximum atomic E-state index is 13.1. The minimum atomic E-state index is -0.482. The van der Waals surface area contributed by atoms with Gasteiger partial charge in [0.1, 0.15) is 12.7 Å². The number of aromatic nitrogens is 3. The number of aliphatic hydroxyl groups is 1. The monoisotopic (exact) mass is 341 g/mol. The Hall–Kier alpha value is -2.25. The third-order valence-corrected chi connectivity index (χ3v) is 5.24. The smallest absolute Gasteiger partial charge is 0.256 e. The van der Waals surface area contributed by atoms with Gasteiger partial charge in [-0.25, -0.2) is 0 Å². The number of benzene rings is 1. The lowest BCUT2D eigenvalue weighted by Gasteiger charge is -2.33. The Morgan fingerprint density at radius 1 is 1.04 bits per heavy atom. The molecule has 2 aromatic rings. The van der Waals surface area contributed by atoms with Crippen LogP contribution >= 0.6 is 0 Å². The SMILES string of the molecule is O=C(c1ccccc1-n1cnnc1)N1C[C@H](O)[C@@H](N2CCCCC2)C1. The number of hydrogen-bond donors (Lipinski definition) is 1. The molecule has 0 saturated carbocycles. The van der Waals surface area contributed by atoms with Gasteiger partial charge in [0.2, 0.25) is 0 Å². The number of hydrogen-bond acceptors (Lipinski definition) is 5. The van der Waals surface area contributed by atoms with Crippen LogP contribution in [0.3, 0.4) is 0 Å². The van der Waals surface area contributed by atoms with Gasteiger partial charge in [-0.2, -0.15) is 0 Å². The van der Waals surface area contributed by atoms with Gasteiger partial charge in [-0.15, -0.1) is 10.2 Å². The zero-order valence-electron chi connectivity index (χ0n) is 14.2. The van der Waals surface area contributed by atoms with Crippen molar-refractivity contribution in [2.45, 2.75) is 31.4 Å². The van der Waals surface area contributed by atoms with Crippen LogP contribution < -0.4 is 0 Å². The van der Waals surface area contributed by atoms with Gasteiger partial charge in [0.05, 0.1) is 23.4 Å². The van der Waals surface area contributed by atoms with Gasteiger partial charge in [0.15, 0.2) is 0 Å². The highest BCUT2D eigenvalue weighted by atomic mass is 16.3. The third-order valence-electron chi connectivity index (χ3n) is 5.24. The maximum absolute atomic E-state index is 13.1. The number of rotatable bonds is 3. The summed E-state index contributed by atoms with van der Waals surface area (Å²) < 4.78 is 1.74. The first kappa shape index (κ1) is 16.2. The fraction of sp³-hybridized carbons (Fsp3) is 0.500. The van der Waals surface area contributed by atoms with E-state index in [1.54, 1.807) is 22.1 Å². The number of nitrogens with zero attached hydrogens (tertiary/aromatic N) is 5. The summed E-state index contributed by atoms with van der Waals surface area (Å²) in [6.07, 6.45) is 6.29. The number of carbonyl (C=O) groups excluding carboxylic acids is 1. The fourth-order valence-electron chi connectivity index (χ4n) is 3.92. The first-order chi connectivity index (χ1) is 12.2. The third kappa shape index (κ3) is 3.17. The predicted molar refractivity (Wildman–Crippen MR) is 92.5 cm³/mol. The molecule has 0 radical (unpaired) electrons. The second-order valence-corrected chi connectivity index (χ2v) is 6.83. The van der Waals surface area contributed by atoms with E-state index in [0.717, 1.165) is 18.8 Å². The molecule has 3 heterocycles. The number of β-amino-alcohol motifs (C(OH)–C–C–N with tert-alkyl or cyclic N) is 1. The van der Waals surface area contributed by atoms with Crippen LogP contribution in [0.1, 0.15) is 29.6 Å². The van der Waals surface area contributed by atoms with Crippen LogP contribution in [0.15, 0.2) is 36.9 Å². The number of amides is 1. The van der Waals surface area contributed by atoms with Gasteiger partial charge in [0.25, 0.3) is 5.91 Å². The van der Waals surface area contributed by atoms with Crippen LogP contribution in [-0.2, 0) is 0 Å². The Balaban J connectivity index is 1.54. The minimum absolute atomic E-state index is 0.0475. The minimum Gasteiger partial charge on any atom is -0.390 e. The predicted octanol–water partition coefficient (Wildman–Crippen LogP) is 0.938. The average Bonchev–Trinajstić information content (AvgIpc) is 3.32. The summed E-state index contributed by atoms with van der Waals surface area (Å²) >= 11 is 0. The molecule has 0 bridgehead atoms. The molecule has 25 heavy (non-hydrogen) atoms. The molecule has 2 fully saturated rings. The molecular weight excluding hydrogens is 318 g/mol. The largest absolute Gasteiger partial charge is 0.390 e. The van der Waals surface area contributed by atoms with Crippen molar-refractivity contribution < 1.29 is 9.90 Å². The quantitative estimate of drug-likeness (QED) is 0.899. The molecular formula is C18H23N5O2. The Morgan fingerprint density at radius 2 is 1.76 bits per heavy atom. The molecule has 0 aliphatic carbocycles. The van der Waals surface area contributed by atoms with Crippen LogP contribution in [0.25, 0.3) is 5.69 Å². The molecule has 1 aromatic heterocycles. The van der Waals surface area contributed by atoms with E-state index in [9.17, 15) is 9.90 Å². The number of para-hydroxylation sites is 1. The second-order valence-electron chi connectivity index (χ2n) is 6.83. The van der Waals surface area contributed by atoms with Gasteiger partial charge in [-0.3, -0.25) is 14.3 Å². The topological polar surface area (TPSA) is 74.5 Å². The summed E-state index contributed by atoms with van der Waals surface area (Å²) in [6, 6.07) is 7.49. The van der Waals surface area contributed by atoms with Gasteiger partial charge in [0, 0.05) is 13.1 Å². The molecule has 132 valence electrons. The van der Waals surface area contributed by atoms with Crippen molar-refractivity contribution in [1.82, 2.24) is 24.6 Å². The first-order valence-electron chi connectivity index (χ1n) is 8.89. The molecule has 7 heteroatoms. The molecule has 2 atom stereocenters. The highest BCUT2D eigenvalue weighted by Crippen LogP contribution is 2.24. The number of likely N-dealkylation sites (tertiary alicyclic amines) is 2. The van der Waals surface area contributed by atoms with Crippen LogP contribution in [0.4, 0.5) is 0 Å². The van der Waals surface area contributed by atoms with Crippen molar-refractivity contribution in [2.24, 2.45) is 0 Å². The molecule has 1 N–H and O–H groups in total. The number of piperidine rings is 1. The summed E-state index contributed by atoms with van der Waals surface area (Å²) in [5, 5.41) is 18.1. The van der Waals surface area contributed by atoms with E-state index in [2.05, 4.69) is 15.1 Å². The lowest BCUT2D eigenvalue weighted by molar-refractivity contribution is 0.0702. The molecule has 0 spiro atoms. The summed E-state index contributed by atoms with van der Waals surface area (Å²) in [6.45, 7) is 3.00. The van der Waals surface area contributed by atoms with Gasteiger partial charge in [-0.1, -0.05) is 18.6 Å². The van der Waals surface area contributed by atoms with Crippen molar-refractivity contribution in [1.29, 1.82) is 0 Å². The van der Waals surface area contributed by atoms with E-state index < -0.39 is 6.10 Å². The van der Waals surface area contributed by atoms with Crippen LogP contribution in [0.2, 0.25) is 0 Å². The standard InChI is InChI=1S/C18H23N5O2/c24-17-11-22(10-16(17)21-8-4-1-5-9-21)18(25)14-6-2-3-7-15(14)23-12-19-20-13-23/h2-3,6-7,12-13,16-17,24H,1,4-5,8-11H2/t16-,17-/m0/s1. The van der Waals surface area contributed by atoms with E-state index in [-0.39, 0.29) is 11.9 Å². The summed E-state index contributed by atoms with van der Waals surface area (Å²) in [5.41, 5.74) is 1.36. The molecule has 2 aliphatic rings. The summed E-state index contributed by atoms with van der Waals surface area (Å²) in [7, 11) is 0. The number of carbonyl (C=O) groups is 1. The highest BCUT2D eigenvalue weighted by molar-refractivity contribution is 5.98. The van der Waals surface area contributed by atoms with Crippen LogP contribution in [-0.4, -0.2) is 73.9 Å².